The second kappa shape index (κ2) is 5.11. The van der Waals surface area contributed by atoms with E-state index in [1.165, 1.54) is 0 Å². The Bertz CT molecular complexity index is 580. The molecule has 0 bridgehead atoms. The Morgan fingerprint density at radius 1 is 1.39 bits per heavy atom. The lowest BCUT2D eigenvalue weighted by atomic mass is 10.1. The summed E-state index contributed by atoms with van der Waals surface area (Å²) >= 11 is 0. The van der Waals surface area contributed by atoms with Gasteiger partial charge in [0.2, 0.25) is 0 Å². The van der Waals surface area contributed by atoms with E-state index >= 15 is 0 Å². The normalized spacial score (nSPS) is 12.6. The van der Waals surface area contributed by atoms with Crippen LogP contribution in [0.2, 0.25) is 0 Å². The van der Waals surface area contributed by atoms with Crippen LogP contribution in [0.25, 0.3) is 10.9 Å². The number of ether oxygens (including phenoxy) is 1. The highest BCUT2D eigenvalue weighted by atomic mass is 16.5. The highest BCUT2D eigenvalue weighted by Crippen LogP contribution is 2.27. The lowest BCUT2D eigenvalue weighted by Gasteiger charge is -2.14. The summed E-state index contributed by atoms with van der Waals surface area (Å²) in [6.45, 7) is 4.06. The van der Waals surface area contributed by atoms with Gasteiger partial charge in [0.1, 0.15) is 11.8 Å². The predicted octanol–water partition coefficient (Wildman–Crippen LogP) is 2.74. The van der Waals surface area contributed by atoms with Gasteiger partial charge in [-0.2, -0.15) is 5.26 Å². The first-order valence-electron chi connectivity index (χ1n) is 5.96. The molecule has 0 saturated carbocycles. The first-order chi connectivity index (χ1) is 8.65. The van der Waals surface area contributed by atoms with Crippen LogP contribution in [0, 0.1) is 11.3 Å². The number of hydrogen-bond acceptors (Lipinski definition) is 3. The monoisotopic (exact) mass is 243 g/mol. The van der Waals surface area contributed by atoms with Gasteiger partial charge < -0.3 is 9.72 Å². The number of aromatic nitrogens is 1. The average molecular weight is 243 g/mol. The fraction of sp³-hybridized carbons (Fsp3) is 0.357. The van der Waals surface area contributed by atoms with Crippen LogP contribution in [0.5, 0.6) is 5.75 Å². The molecule has 94 valence electrons. The van der Waals surface area contributed by atoms with Crippen molar-refractivity contribution < 1.29 is 4.74 Å². The molecule has 0 radical (unpaired) electrons. The fourth-order valence-electron chi connectivity index (χ4n) is 2.02. The van der Waals surface area contributed by atoms with Crippen molar-refractivity contribution in [3.8, 4) is 11.8 Å². The summed E-state index contributed by atoms with van der Waals surface area (Å²) in [6.07, 6.45) is 1.88. The van der Waals surface area contributed by atoms with Gasteiger partial charge in [0, 0.05) is 28.7 Å². The number of aromatic amines is 1. The minimum Gasteiger partial charge on any atom is -0.497 e. The van der Waals surface area contributed by atoms with Gasteiger partial charge in [-0.05, 0) is 32.0 Å². The Kier molecular flexibility index (Phi) is 3.54. The smallest absolute Gasteiger partial charge is 0.123 e. The summed E-state index contributed by atoms with van der Waals surface area (Å²) in [5, 5.41) is 13.5. The molecule has 0 fully saturated rings. The molecule has 0 amide bonds. The van der Waals surface area contributed by atoms with Crippen LogP contribution in [-0.4, -0.2) is 18.1 Å². The van der Waals surface area contributed by atoms with Gasteiger partial charge in [-0.1, -0.05) is 0 Å². The fourth-order valence-corrected chi connectivity index (χ4v) is 2.02. The molecule has 4 heteroatoms. The molecule has 18 heavy (non-hydrogen) atoms. The average Bonchev–Trinajstić information content (AvgIpc) is 2.78. The van der Waals surface area contributed by atoms with Gasteiger partial charge in [0.05, 0.1) is 13.2 Å². The largest absolute Gasteiger partial charge is 0.497 e. The van der Waals surface area contributed by atoms with Crippen molar-refractivity contribution in [2.45, 2.75) is 25.9 Å². The molecule has 1 unspecified atom stereocenters. The van der Waals surface area contributed by atoms with Crippen molar-refractivity contribution in [1.29, 1.82) is 5.26 Å². The number of nitrogens with one attached hydrogen (secondary N) is 2. The zero-order chi connectivity index (χ0) is 13.1. The van der Waals surface area contributed by atoms with Crippen LogP contribution in [0.3, 0.4) is 0 Å². The molecule has 2 N–H and O–H groups in total. The van der Waals surface area contributed by atoms with Crippen molar-refractivity contribution in [2.24, 2.45) is 0 Å². The molecule has 1 atom stereocenters. The minimum atomic E-state index is -0.314. The third-order valence-corrected chi connectivity index (χ3v) is 2.86. The van der Waals surface area contributed by atoms with Crippen LogP contribution in [0.15, 0.2) is 24.4 Å². The number of nitrogens with zero attached hydrogens (tertiary/aromatic N) is 1. The number of nitriles is 1. The maximum absolute atomic E-state index is 9.28. The molecule has 1 aromatic heterocycles. The van der Waals surface area contributed by atoms with E-state index in [4.69, 9.17) is 4.74 Å². The SMILES string of the molecule is COc1ccc2[nH]cc(C(C#N)NC(C)C)c2c1. The Balaban J connectivity index is 2.46. The van der Waals surface area contributed by atoms with E-state index in [2.05, 4.69) is 16.4 Å². The summed E-state index contributed by atoms with van der Waals surface area (Å²) in [4.78, 5) is 3.18. The molecular formula is C14H17N3O. The van der Waals surface area contributed by atoms with E-state index in [9.17, 15) is 5.26 Å². The third kappa shape index (κ3) is 2.31. The van der Waals surface area contributed by atoms with Gasteiger partial charge in [-0.25, -0.2) is 0 Å². The summed E-state index contributed by atoms with van der Waals surface area (Å²) in [6, 6.07) is 8.05. The molecule has 2 aromatic rings. The Hall–Kier alpha value is -1.99. The third-order valence-electron chi connectivity index (χ3n) is 2.86. The van der Waals surface area contributed by atoms with Gasteiger partial charge in [-0.15, -0.1) is 0 Å². The van der Waals surface area contributed by atoms with E-state index in [1.807, 2.05) is 38.2 Å². The molecule has 0 spiro atoms. The van der Waals surface area contributed by atoms with E-state index in [1.54, 1.807) is 7.11 Å². The second-order valence-corrected chi connectivity index (χ2v) is 4.54. The van der Waals surface area contributed by atoms with Crippen molar-refractivity contribution in [3.63, 3.8) is 0 Å². The Labute approximate surface area is 107 Å². The molecule has 1 heterocycles. The van der Waals surface area contributed by atoms with Crippen molar-refractivity contribution in [2.75, 3.05) is 7.11 Å². The number of methoxy groups -OCH3 is 1. The van der Waals surface area contributed by atoms with Crippen molar-refractivity contribution in [1.82, 2.24) is 10.3 Å². The summed E-state index contributed by atoms with van der Waals surface area (Å²) in [7, 11) is 1.64. The predicted molar refractivity (Wildman–Crippen MR) is 71.5 cm³/mol. The number of H-pyrrole nitrogens is 1. The Morgan fingerprint density at radius 3 is 2.78 bits per heavy atom. The van der Waals surface area contributed by atoms with E-state index in [-0.39, 0.29) is 12.1 Å². The van der Waals surface area contributed by atoms with E-state index in [0.29, 0.717) is 0 Å². The quantitative estimate of drug-likeness (QED) is 0.868. The van der Waals surface area contributed by atoms with Crippen molar-refractivity contribution in [3.05, 3.63) is 30.0 Å². The van der Waals surface area contributed by atoms with Gasteiger partial charge in [0.15, 0.2) is 0 Å². The zero-order valence-electron chi connectivity index (χ0n) is 10.8. The van der Waals surface area contributed by atoms with Gasteiger partial charge in [-0.3, -0.25) is 5.32 Å². The van der Waals surface area contributed by atoms with Gasteiger partial charge in [0.25, 0.3) is 0 Å². The highest BCUT2D eigenvalue weighted by molar-refractivity contribution is 5.85. The second-order valence-electron chi connectivity index (χ2n) is 4.54. The molecular weight excluding hydrogens is 226 g/mol. The standard InChI is InChI=1S/C14H17N3O/c1-9(2)17-14(7-15)12-8-16-13-5-4-10(18-3)6-11(12)13/h4-6,8-9,14,16-17H,1-3H3. The molecule has 1 aromatic carbocycles. The molecule has 4 nitrogen and oxygen atoms in total. The highest BCUT2D eigenvalue weighted by Gasteiger charge is 2.16. The number of rotatable bonds is 4. The molecule has 0 aliphatic heterocycles. The number of fused-ring (bicyclic) bond motifs is 1. The van der Waals surface area contributed by atoms with Crippen LogP contribution in [0.4, 0.5) is 0 Å². The maximum atomic E-state index is 9.28. The molecule has 0 aliphatic rings. The lowest BCUT2D eigenvalue weighted by Crippen LogP contribution is -2.26. The van der Waals surface area contributed by atoms with E-state index < -0.39 is 0 Å². The summed E-state index contributed by atoms with van der Waals surface area (Å²) in [5.74, 6) is 0.796. The molecule has 0 saturated heterocycles. The van der Waals surface area contributed by atoms with Crippen LogP contribution in [0.1, 0.15) is 25.5 Å². The number of hydrogen-bond donors (Lipinski definition) is 2. The van der Waals surface area contributed by atoms with E-state index in [0.717, 1.165) is 22.2 Å². The maximum Gasteiger partial charge on any atom is 0.123 e. The van der Waals surface area contributed by atoms with Gasteiger partial charge >= 0.3 is 0 Å². The molecule has 0 aliphatic carbocycles. The zero-order valence-corrected chi connectivity index (χ0v) is 10.8. The van der Waals surface area contributed by atoms with Crippen molar-refractivity contribution >= 4 is 10.9 Å². The number of benzene rings is 1. The Morgan fingerprint density at radius 2 is 2.17 bits per heavy atom. The topological polar surface area (TPSA) is 60.8 Å². The minimum absolute atomic E-state index is 0.255. The summed E-state index contributed by atoms with van der Waals surface area (Å²) < 4.78 is 5.22. The first kappa shape index (κ1) is 12.5. The molecule has 2 rings (SSSR count). The van der Waals surface area contributed by atoms with Crippen LogP contribution in [-0.2, 0) is 0 Å². The first-order valence-corrected chi connectivity index (χ1v) is 5.96. The van der Waals surface area contributed by atoms with Crippen LogP contribution >= 0.6 is 0 Å². The lowest BCUT2D eigenvalue weighted by molar-refractivity contribution is 0.415. The van der Waals surface area contributed by atoms with Crippen LogP contribution < -0.4 is 10.1 Å². The summed E-state index contributed by atoms with van der Waals surface area (Å²) in [5.41, 5.74) is 1.97.